The van der Waals surface area contributed by atoms with Gasteiger partial charge in [-0.25, -0.2) is 4.98 Å². The van der Waals surface area contributed by atoms with Crippen LogP contribution < -0.4 is 15.8 Å². The average Bonchev–Trinajstić information content (AvgIpc) is 2.36. The third kappa shape index (κ3) is 3.16. The highest BCUT2D eigenvalue weighted by Crippen LogP contribution is 2.30. The molecule has 0 spiro atoms. The number of aromatic nitrogens is 1. The molecule has 100 valence electrons. The van der Waals surface area contributed by atoms with Crippen LogP contribution in [0.2, 0.25) is 0 Å². The molecule has 0 fully saturated rings. The number of aryl methyl sites for hydroxylation is 1. The minimum absolute atomic E-state index is 0.116. The molecule has 1 aromatic carbocycles. The predicted molar refractivity (Wildman–Crippen MR) is 78.9 cm³/mol. The smallest absolute Gasteiger partial charge is 0.153 e. The van der Waals surface area contributed by atoms with Gasteiger partial charge in [-0.15, -0.1) is 0 Å². The van der Waals surface area contributed by atoms with Crippen LogP contribution in [0.15, 0.2) is 36.5 Å². The van der Waals surface area contributed by atoms with Crippen molar-refractivity contribution in [2.24, 2.45) is 0 Å². The quantitative estimate of drug-likeness (QED) is 0.880. The first-order valence-electron chi connectivity index (χ1n) is 6.31. The number of nitrogen functional groups attached to an aromatic ring is 1. The molecule has 4 heteroatoms. The Kier molecular flexibility index (Phi) is 3.90. The van der Waals surface area contributed by atoms with Crippen molar-refractivity contribution < 1.29 is 4.74 Å². The molecule has 0 atom stereocenters. The van der Waals surface area contributed by atoms with Crippen LogP contribution in [0.25, 0.3) is 0 Å². The highest BCUT2D eigenvalue weighted by molar-refractivity contribution is 5.73. The summed E-state index contributed by atoms with van der Waals surface area (Å²) < 4.78 is 5.76. The molecule has 19 heavy (non-hydrogen) atoms. The van der Waals surface area contributed by atoms with Gasteiger partial charge in [-0.3, -0.25) is 0 Å². The van der Waals surface area contributed by atoms with Crippen molar-refractivity contribution in [1.82, 2.24) is 4.98 Å². The second-order valence-corrected chi connectivity index (χ2v) is 4.68. The monoisotopic (exact) mass is 257 g/mol. The summed E-state index contributed by atoms with van der Waals surface area (Å²) in [6.07, 6.45) is 1.85. The van der Waals surface area contributed by atoms with Gasteiger partial charge in [0, 0.05) is 6.20 Å². The fourth-order valence-corrected chi connectivity index (χ4v) is 1.72. The van der Waals surface area contributed by atoms with Crippen LogP contribution in [0.1, 0.15) is 19.4 Å². The Morgan fingerprint density at radius 3 is 2.68 bits per heavy atom. The number of nitrogens with one attached hydrogen (secondary N) is 1. The van der Waals surface area contributed by atoms with Crippen LogP contribution in [0.4, 0.5) is 17.2 Å². The van der Waals surface area contributed by atoms with E-state index in [4.69, 9.17) is 10.5 Å². The second kappa shape index (κ2) is 5.61. The summed E-state index contributed by atoms with van der Waals surface area (Å²) in [5.41, 5.74) is 8.53. The molecule has 0 unspecified atom stereocenters. The first kappa shape index (κ1) is 13.2. The van der Waals surface area contributed by atoms with E-state index < -0.39 is 0 Å². The molecule has 0 aliphatic carbocycles. The van der Waals surface area contributed by atoms with E-state index in [1.807, 2.05) is 51.1 Å². The fourth-order valence-electron chi connectivity index (χ4n) is 1.72. The standard InChI is InChI=1S/C15H19N3O/c1-10(2)19-13-7-5-4-6-12(13)18-15-14(16)11(3)8-9-17-15/h4-10H,16H2,1-3H3,(H,17,18). The number of para-hydroxylation sites is 2. The molecular weight excluding hydrogens is 238 g/mol. The molecular formula is C15H19N3O. The largest absolute Gasteiger partial charge is 0.489 e. The molecule has 2 rings (SSSR count). The third-order valence-corrected chi connectivity index (χ3v) is 2.71. The number of benzene rings is 1. The zero-order valence-electron chi connectivity index (χ0n) is 11.5. The highest BCUT2D eigenvalue weighted by atomic mass is 16.5. The molecule has 0 aliphatic heterocycles. The first-order valence-corrected chi connectivity index (χ1v) is 6.31. The van der Waals surface area contributed by atoms with Crippen molar-refractivity contribution in [2.45, 2.75) is 26.9 Å². The van der Waals surface area contributed by atoms with Crippen LogP contribution in [0.5, 0.6) is 5.75 Å². The van der Waals surface area contributed by atoms with Gasteiger partial charge in [-0.1, -0.05) is 12.1 Å². The maximum atomic E-state index is 6.02. The van der Waals surface area contributed by atoms with Crippen molar-refractivity contribution in [3.05, 3.63) is 42.1 Å². The Hall–Kier alpha value is -2.23. The molecule has 0 aliphatic rings. The fraction of sp³-hybridized carbons (Fsp3) is 0.267. The van der Waals surface area contributed by atoms with E-state index in [9.17, 15) is 0 Å². The maximum Gasteiger partial charge on any atom is 0.153 e. The summed E-state index contributed by atoms with van der Waals surface area (Å²) in [4.78, 5) is 4.26. The van der Waals surface area contributed by atoms with Crippen LogP contribution in [0, 0.1) is 6.92 Å². The van der Waals surface area contributed by atoms with Gasteiger partial charge in [0.25, 0.3) is 0 Å². The molecule has 1 aromatic heterocycles. The Morgan fingerprint density at radius 1 is 1.21 bits per heavy atom. The number of pyridine rings is 1. The number of hydrogen-bond donors (Lipinski definition) is 2. The summed E-state index contributed by atoms with van der Waals surface area (Å²) in [7, 11) is 0. The summed E-state index contributed by atoms with van der Waals surface area (Å²) in [5.74, 6) is 1.44. The zero-order valence-corrected chi connectivity index (χ0v) is 11.5. The molecule has 1 heterocycles. The number of rotatable bonds is 4. The lowest BCUT2D eigenvalue weighted by Gasteiger charge is -2.16. The number of nitrogens with zero attached hydrogens (tertiary/aromatic N) is 1. The van der Waals surface area contributed by atoms with Crippen LogP contribution in [-0.4, -0.2) is 11.1 Å². The van der Waals surface area contributed by atoms with E-state index in [0.29, 0.717) is 11.5 Å². The number of nitrogens with two attached hydrogens (primary N) is 1. The van der Waals surface area contributed by atoms with Gasteiger partial charge in [0.2, 0.25) is 0 Å². The normalized spacial score (nSPS) is 10.5. The van der Waals surface area contributed by atoms with E-state index in [1.165, 1.54) is 0 Å². The Morgan fingerprint density at radius 2 is 1.95 bits per heavy atom. The maximum absolute atomic E-state index is 6.02. The van der Waals surface area contributed by atoms with E-state index in [0.717, 1.165) is 17.0 Å². The van der Waals surface area contributed by atoms with Crippen molar-refractivity contribution >= 4 is 17.2 Å². The number of anilines is 3. The van der Waals surface area contributed by atoms with Crippen LogP contribution in [0.3, 0.4) is 0 Å². The first-order chi connectivity index (χ1) is 9.08. The molecule has 2 aromatic rings. The van der Waals surface area contributed by atoms with Gasteiger partial charge in [0.05, 0.1) is 17.5 Å². The van der Waals surface area contributed by atoms with Gasteiger partial charge >= 0.3 is 0 Å². The minimum Gasteiger partial charge on any atom is -0.489 e. The lowest BCUT2D eigenvalue weighted by molar-refractivity contribution is 0.244. The van der Waals surface area contributed by atoms with Crippen LogP contribution in [-0.2, 0) is 0 Å². The van der Waals surface area contributed by atoms with E-state index in [2.05, 4.69) is 10.3 Å². The number of hydrogen-bond acceptors (Lipinski definition) is 4. The molecule has 0 saturated heterocycles. The van der Waals surface area contributed by atoms with Crippen molar-refractivity contribution in [2.75, 3.05) is 11.1 Å². The van der Waals surface area contributed by atoms with E-state index >= 15 is 0 Å². The Labute approximate surface area is 113 Å². The summed E-state index contributed by atoms with van der Waals surface area (Å²) >= 11 is 0. The molecule has 0 amide bonds. The molecule has 0 bridgehead atoms. The van der Waals surface area contributed by atoms with Crippen molar-refractivity contribution in [1.29, 1.82) is 0 Å². The summed E-state index contributed by atoms with van der Waals surface area (Å²) in [5, 5.41) is 3.23. The third-order valence-electron chi connectivity index (χ3n) is 2.71. The van der Waals surface area contributed by atoms with Crippen LogP contribution >= 0.6 is 0 Å². The van der Waals surface area contributed by atoms with Gasteiger partial charge < -0.3 is 15.8 Å². The Bertz CT molecular complexity index is 567. The van der Waals surface area contributed by atoms with Crippen molar-refractivity contribution in [3.63, 3.8) is 0 Å². The summed E-state index contributed by atoms with van der Waals surface area (Å²) in [6.45, 7) is 5.95. The summed E-state index contributed by atoms with van der Waals surface area (Å²) in [6, 6.07) is 9.64. The van der Waals surface area contributed by atoms with Gasteiger partial charge in [-0.05, 0) is 44.5 Å². The lowest BCUT2D eigenvalue weighted by Crippen LogP contribution is -2.08. The zero-order chi connectivity index (χ0) is 13.8. The minimum atomic E-state index is 0.116. The highest BCUT2D eigenvalue weighted by Gasteiger charge is 2.08. The van der Waals surface area contributed by atoms with Crippen molar-refractivity contribution in [3.8, 4) is 5.75 Å². The van der Waals surface area contributed by atoms with Gasteiger partial charge in [0.15, 0.2) is 5.82 Å². The number of ether oxygens (including phenoxy) is 1. The average molecular weight is 257 g/mol. The molecule has 3 N–H and O–H groups in total. The molecule has 0 saturated carbocycles. The molecule has 0 radical (unpaired) electrons. The van der Waals surface area contributed by atoms with E-state index in [1.54, 1.807) is 6.20 Å². The lowest BCUT2D eigenvalue weighted by atomic mass is 10.2. The topological polar surface area (TPSA) is 60.2 Å². The van der Waals surface area contributed by atoms with E-state index in [-0.39, 0.29) is 6.10 Å². The predicted octanol–water partition coefficient (Wildman–Crippen LogP) is 3.50. The van der Waals surface area contributed by atoms with Gasteiger partial charge in [0.1, 0.15) is 5.75 Å². The second-order valence-electron chi connectivity index (χ2n) is 4.68. The Balaban J connectivity index is 2.30. The molecule has 4 nitrogen and oxygen atoms in total. The SMILES string of the molecule is Cc1ccnc(Nc2ccccc2OC(C)C)c1N. The van der Waals surface area contributed by atoms with Gasteiger partial charge in [-0.2, -0.15) is 0 Å².